The Kier molecular flexibility index (Phi) is 4.07. The average Bonchev–Trinajstić information content (AvgIpc) is 2.68. The number of halogens is 1. The van der Waals surface area contributed by atoms with Gasteiger partial charge in [-0.1, -0.05) is 18.0 Å². The van der Waals surface area contributed by atoms with Crippen molar-refractivity contribution in [2.45, 2.75) is 42.4 Å². The molecular formula is C12H14ClN5OS. The van der Waals surface area contributed by atoms with Gasteiger partial charge in [0.2, 0.25) is 0 Å². The van der Waals surface area contributed by atoms with Crippen LogP contribution in [0.4, 0.5) is 0 Å². The number of aromatic nitrogens is 5. The highest BCUT2D eigenvalue weighted by atomic mass is 35.5. The topological polar surface area (TPSA) is 65.7 Å². The third-order valence-corrected chi connectivity index (χ3v) is 4.43. The Morgan fingerprint density at radius 2 is 2.15 bits per heavy atom. The highest BCUT2D eigenvalue weighted by molar-refractivity contribution is 7.99. The van der Waals surface area contributed by atoms with Crippen LogP contribution >= 0.6 is 23.4 Å². The van der Waals surface area contributed by atoms with E-state index >= 15 is 0 Å². The van der Waals surface area contributed by atoms with E-state index < -0.39 is 0 Å². The van der Waals surface area contributed by atoms with Crippen molar-refractivity contribution < 1.29 is 4.74 Å². The van der Waals surface area contributed by atoms with Crippen LogP contribution in [0.2, 0.25) is 5.15 Å². The van der Waals surface area contributed by atoms with E-state index in [4.69, 9.17) is 16.3 Å². The van der Waals surface area contributed by atoms with Crippen LogP contribution in [0, 0.1) is 0 Å². The van der Waals surface area contributed by atoms with Crippen LogP contribution < -0.4 is 4.74 Å². The summed E-state index contributed by atoms with van der Waals surface area (Å²) in [5, 5.41) is 10.3. The van der Waals surface area contributed by atoms with Crippen molar-refractivity contribution in [2.24, 2.45) is 0 Å². The van der Waals surface area contributed by atoms with Crippen LogP contribution in [0.25, 0.3) is 0 Å². The molecule has 6 nitrogen and oxygen atoms in total. The molecule has 0 bridgehead atoms. The normalized spacial score (nSPS) is 14.7. The number of rotatable bonds is 3. The van der Waals surface area contributed by atoms with E-state index in [1.165, 1.54) is 30.9 Å². The molecule has 1 aliphatic heterocycles. The highest BCUT2D eigenvalue weighted by Gasteiger charge is 2.19. The van der Waals surface area contributed by atoms with Crippen LogP contribution in [0.15, 0.2) is 16.5 Å². The van der Waals surface area contributed by atoms with Gasteiger partial charge in [-0.2, -0.15) is 0 Å². The van der Waals surface area contributed by atoms with Crippen molar-refractivity contribution in [3.63, 3.8) is 0 Å². The Balaban J connectivity index is 1.92. The van der Waals surface area contributed by atoms with Gasteiger partial charge in [0.1, 0.15) is 12.2 Å². The molecule has 2 aromatic heterocycles. The Morgan fingerprint density at radius 1 is 1.25 bits per heavy atom. The SMILES string of the molecule is COc1c(Cl)ncnc1Sc1nnc2n1CCCCC2. The molecular weight excluding hydrogens is 298 g/mol. The predicted molar refractivity (Wildman–Crippen MR) is 75.3 cm³/mol. The minimum atomic E-state index is 0.306. The molecule has 8 heteroatoms. The molecule has 0 aliphatic carbocycles. The number of hydrogen-bond acceptors (Lipinski definition) is 6. The Bertz CT molecular complexity index is 618. The van der Waals surface area contributed by atoms with Crippen molar-refractivity contribution in [3.8, 4) is 5.75 Å². The maximum atomic E-state index is 6.01. The van der Waals surface area contributed by atoms with Crippen LogP contribution in [-0.4, -0.2) is 31.8 Å². The van der Waals surface area contributed by atoms with Gasteiger partial charge >= 0.3 is 0 Å². The van der Waals surface area contributed by atoms with E-state index in [9.17, 15) is 0 Å². The Labute approximate surface area is 125 Å². The fourth-order valence-corrected chi connectivity index (χ4v) is 3.40. The first kappa shape index (κ1) is 13.6. The van der Waals surface area contributed by atoms with Gasteiger partial charge in [0.25, 0.3) is 0 Å². The van der Waals surface area contributed by atoms with Gasteiger partial charge in [-0.05, 0) is 24.6 Å². The van der Waals surface area contributed by atoms with Crippen LogP contribution in [-0.2, 0) is 13.0 Å². The molecule has 106 valence electrons. The molecule has 0 fully saturated rings. The summed E-state index contributed by atoms with van der Waals surface area (Å²) in [6.45, 7) is 0.950. The molecule has 3 rings (SSSR count). The summed E-state index contributed by atoms with van der Waals surface area (Å²) in [4.78, 5) is 8.13. The minimum Gasteiger partial charge on any atom is -0.491 e. The zero-order chi connectivity index (χ0) is 13.9. The van der Waals surface area contributed by atoms with Crippen LogP contribution in [0.3, 0.4) is 0 Å². The monoisotopic (exact) mass is 311 g/mol. The lowest BCUT2D eigenvalue weighted by Crippen LogP contribution is -2.02. The third kappa shape index (κ3) is 2.60. The summed E-state index contributed by atoms with van der Waals surface area (Å²) >= 11 is 7.42. The van der Waals surface area contributed by atoms with E-state index in [1.54, 1.807) is 7.11 Å². The lowest BCUT2D eigenvalue weighted by atomic mass is 10.2. The summed E-state index contributed by atoms with van der Waals surface area (Å²) in [7, 11) is 1.55. The quantitative estimate of drug-likeness (QED) is 0.812. The van der Waals surface area contributed by atoms with Gasteiger partial charge in [0.05, 0.1) is 7.11 Å². The number of methoxy groups -OCH3 is 1. The maximum absolute atomic E-state index is 6.01. The van der Waals surface area contributed by atoms with Crippen molar-refractivity contribution in [1.82, 2.24) is 24.7 Å². The van der Waals surface area contributed by atoms with Gasteiger partial charge in [-0.3, -0.25) is 0 Å². The van der Waals surface area contributed by atoms with Gasteiger partial charge in [0, 0.05) is 13.0 Å². The zero-order valence-electron chi connectivity index (χ0n) is 11.0. The second-order valence-corrected chi connectivity index (χ2v) is 5.78. The fraction of sp³-hybridized carbons (Fsp3) is 0.500. The lowest BCUT2D eigenvalue weighted by molar-refractivity contribution is 0.398. The second-order valence-electron chi connectivity index (χ2n) is 4.47. The van der Waals surface area contributed by atoms with E-state index in [-0.39, 0.29) is 0 Å². The number of fused-ring (bicyclic) bond motifs is 1. The van der Waals surface area contributed by atoms with Gasteiger partial charge in [-0.15, -0.1) is 10.2 Å². The van der Waals surface area contributed by atoms with Crippen LogP contribution in [0.1, 0.15) is 25.1 Å². The largest absolute Gasteiger partial charge is 0.491 e. The molecule has 0 atom stereocenters. The second kappa shape index (κ2) is 5.97. The molecule has 0 radical (unpaired) electrons. The molecule has 3 heterocycles. The van der Waals surface area contributed by atoms with Crippen molar-refractivity contribution in [3.05, 3.63) is 17.3 Å². The summed E-state index contributed by atoms with van der Waals surface area (Å²) < 4.78 is 7.42. The first-order valence-corrected chi connectivity index (χ1v) is 7.63. The predicted octanol–water partition coefficient (Wildman–Crippen LogP) is 2.61. The molecule has 0 N–H and O–H groups in total. The molecule has 0 saturated carbocycles. The number of ether oxygens (including phenoxy) is 1. The van der Waals surface area contributed by atoms with Crippen molar-refractivity contribution >= 4 is 23.4 Å². The minimum absolute atomic E-state index is 0.306. The third-order valence-electron chi connectivity index (χ3n) is 3.20. The molecule has 0 amide bonds. The maximum Gasteiger partial charge on any atom is 0.197 e. The van der Waals surface area contributed by atoms with Crippen LogP contribution in [0.5, 0.6) is 5.75 Å². The van der Waals surface area contributed by atoms with Crippen molar-refractivity contribution in [2.75, 3.05) is 7.11 Å². The molecule has 2 aromatic rings. The van der Waals surface area contributed by atoms with Gasteiger partial charge < -0.3 is 9.30 Å². The Hall–Kier alpha value is -1.34. The fourth-order valence-electron chi connectivity index (χ4n) is 2.20. The average molecular weight is 312 g/mol. The van der Waals surface area contributed by atoms with Gasteiger partial charge in [-0.25, -0.2) is 9.97 Å². The first-order chi connectivity index (χ1) is 9.79. The highest BCUT2D eigenvalue weighted by Crippen LogP contribution is 2.36. The van der Waals surface area contributed by atoms with E-state index in [1.807, 2.05) is 0 Å². The zero-order valence-corrected chi connectivity index (χ0v) is 12.6. The molecule has 0 aromatic carbocycles. The summed E-state index contributed by atoms with van der Waals surface area (Å²) in [6, 6.07) is 0. The summed E-state index contributed by atoms with van der Waals surface area (Å²) in [6.07, 6.45) is 5.96. The Morgan fingerprint density at radius 3 is 3.00 bits per heavy atom. The summed E-state index contributed by atoms with van der Waals surface area (Å²) in [5.74, 6) is 1.52. The molecule has 0 unspecified atom stereocenters. The van der Waals surface area contributed by atoms with E-state index in [0.29, 0.717) is 15.9 Å². The number of hydrogen-bond donors (Lipinski definition) is 0. The first-order valence-electron chi connectivity index (χ1n) is 6.44. The molecule has 1 aliphatic rings. The van der Waals surface area contributed by atoms with E-state index in [2.05, 4.69) is 24.7 Å². The number of nitrogens with zero attached hydrogens (tertiary/aromatic N) is 5. The van der Waals surface area contributed by atoms with E-state index in [0.717, 1.165) is 30.4 Å². The van der Waals surface area contributed by atoms with Crippen molar-refractivity contribution in [1.29, 1.82) is 0 Å². The molecule has 0 saturated heterocycles. The van der Waals surface area contributed by atoms with Gasteiger partial charge in [0.15, 0.2) is 21.1 Å². The number of aryl methyl sites for hydroxylation is 1. The standard InChI is InChI=1S/C12H14ClN5OS/c1-19-9-10(13)14-7-15-11(9)20-12-17-16-8-5-3-2-4-6-18(8)12/h7H,2-6H2,1H3. The molecule has 0 spiro atoms. The summed E-state index contributed by atoms with van der Waals surface area (Å²) in [5.41, 5.74) is 0. The smallest absolute Gasteiger partial charge is 0.197 e. The lowest BCUT2D eigenvalue weighted by Gasteiger charge is -2.09. The molecule has 20 heavy (non-hydrogen) atoms.